The van der Waals surface area contributed by atoms with Crippen molar-refractivity contribution in [2.45, 2.75) is 13.0 Å². The molecule has 0 spiro atoms. The number of nitrogens with zero attached hydrogens (tertiary/aromatic N) is 2. The number of hydrogen-bond donors (Lipinski definition) is 1. The van der Waals surface area contributed by atoms with Crippen LogP contribution < -0.4 is 5.73 Å². The van der Waals surface area contributed by atoms with E-state index in [2.05, 4.69) is 0 Å². The van der Waals surface area contributed by atoms with Crippen LogP contribution in [0.15, 0.2) is 24.3 Å². The molecule has 6 nitrogen and oxygen atoms in total. The first-order valence-corrected chi connectivity index (χ1v) is 7.99. The number of nitrogens with two attached hydrogens (primary N) is 1. The van der Waals surface area contributed by atoms with Crippen LogP contribution in [0.3, 0.4) is 0 Å². The SMILES string of the molecule is CC(c1cccc(N)c1)N(C)S(=O)(=O)N1CCOCC1. The van der Waals surface area contributed by atoms with Crippen LogP contribution in [0.25, 0.3) is 0 Å². The van der Waals surface area contributed by atoms with Crippen molar-refractivity contribution in [2.75, 3.05) is 39.1 Å². The van der Waals surface area contributed by atoms with Gasteiger partial charge in [0.15, 0.2) is 0 Å². The van der Waals surface area contributed by atoms with Gasteiger partial charge in [0.2, 0.25) is 0 Å². The smallest absolute Gasteiger partial charge is 0.282 e. The summed E-state index contributed by atoms with van der Waals surface area (Å²) in [5.41, 5.74) is 7.26. The monoisotopic (exact) mass is 299 g/mol. The zero-order valence-corrected chi connectivity index (χ0v) is 12.6. The zero-order valence-electron chi connectivity index (χ0n) is 11.8. The molecule has 1 unspecified atom stereocenters. The number of hydrogen-bond acceptors (Lipinski definition) is 4. The minimum atomic E-state index is -3.48. The van der Waals surface area contributed by atoms with Gasteiger partial charge in [-0.3, -0.25) is 0 Å². The lowest BCUT2D eigenvalue weighted by atomic mass is 10.1. The first-order valence-electron chi connectivity index (χ1n) is 6.59. The predicted molar refractivity (Wildman–Crippen MR) is 78.3 cm³/mol. The molecule has 1 heterocycles. The van der Waals surface area contributed by atoms with E-state index in [1.54, 1.807) is 19.2 Å². The molecule has 0 bridgehead atoms. The Bertz CT molecular complexity index is 556. The minimum absolute atomic E-state index is 0.272. The van der Waals surface area contributed by atoms with Crippen molar-refractivity contribution in [2.24, 2.45) is 0 Å². The lowest BCUT2D eigenvalue weighted by molar-refractivity contribution is 0.0700. The number of ether oxygens (including phenoxy) is 1. The molecule has 1 atom stereocenters. The highest BCUT2D eigenvalue weighted by molar-refractivity contribution is 7.86. The molecule has 0 radical (unpaired) electrons. The van der Waals surface area contributed by atoms with Crippen LogP contribution in [0.2, 0.25) is 0 Å². The molecule has 1 aliphatic rings. The third kappa shape index (κ3) is 3.12. The maximum absolute atomic E-state index is 12.6. The van der Waals surface area contributed by atoms with Gasteiger partial charge < -0.3 is 10.5 Å². The first kappa shape index (κ1) is 15.2. The lowest BCUT2D eigenvalue weighted by Crippen LogP contribution is -2.47. The van der Waals surface area contributed by atoms with Crippen molar-refractivity contribution in [3.8, 4) is 0 Å². The van der Waals surface area contributed by atoms with Gasteiger partial charge >= 0.3 is 0 Å². The molecule has 1 aromatic carbocycles. The number of anilines is 1. The summed E-state index contributed by atoms with van der Waals surface area (Å²) in [5, 5.41) is 0. The molecule has 2 N–H and O–H groups in total. The predicted octanol–water partition coefficient (Wildman–Crippen LogP) is 0.839. The highest BCUT2D eigenvalue weighted by Crippen LogP contribution is 2.24. The third-order valence-electron chi connectivity index (χ3n) is 3.60. The molecule has 1 aromatic rings. The van der Waals surface area contributed by atoms with Gasteiger partial charge in [-0.05, 0) is 24.6 Å². The van der Waals surface area contributed by atoms with Crippen molar-refractivity contribution in [3.63, 3.8) is 0 Å². The largest absolute Gasteiger partial charge is 0.399 e. The van der Waals surface area contributed by atoms with Gasteiger partial charge in [0.25, 0.3) is 10.2 Å². The summed E-state index contributed by atoms with van der Waals surface area (Å²) in [6.45, 7) is 3.54. The Morgan fingerprint density at radius 3 is 2.60 bits per heavy atom. The van der Waals surface area contributed by atoms with E-state index in [9.17, 15) is 8.42 Å². The van der Waals surface area contributed by atoms with Gasteiger partial charge in [0, 0.05) is 31.9 Å². The van der Waals surface area contributed by atoms with Crippen molar-refractivity contribution >= 4 is 15.9 Å². The molecule has 0 aromatic heterocycles. The number of rotatable bonds is 4. The fourth-order valence-corrected chi connectivity index (χ4v) is 3.68. The summed E-state index contributed by atoms with van der Waals surface area (Å²) in [7, 11) is -1.88. The summed E-state index contributed by atoms with van der Waals surface area (Å²) >= 11 is 0. The second-order valence-corrected chi connectivity index (χ2v) is 6.87. The molecule has 0 aliphatic carbocycles. The Balaban J connectivity index is 2.18. The third-order valence-corrected chi connectivity index (χ3v) is 5.66. The maximum Gasteiger partial charge on any atom is 0.282 e. The van der Waals surface area contributed by atoms with Crippen LogP contribution in [0.1, 0.15) is 18.5 Å². The standard InChI is InChI=1S/C13H21N3O3S/c1-11(12-4-3-5-13(14)10-12)15(2)20(17,18)16-6-8-19-9-7-16/h3-5,10-11H,6-9,14H2,1-2H3. The molecule has 7 heteroatoms. The molecule has 2 rings (SSSR count). The Kier molecular flexibility index (Phi) is 4.64. The normalized spacial score (nSPS) is 19.1. The van der Waals surface area contributed by atoms with Gasteiger partial charge in [0.1, 0.15) is 0 Å². The Morgan fingerprint density at radius 1 is 1.35 bits per heavy atom. The van der Waals surface area contributed by atoms with Crippen LogP contribution in [0, 0.1) is 0 Å². The molecular weight excluding hydrogens is 278 g/mol. The second kappa shape index (κ2) is 6.09. The second-order valence-electron chi connectivity index (χ2n) is 4.88. The highest BCUT2D eigenvalue weighted by Gasteiger charge is 2.31. The number of benzene rings is 1. The Hall–Kier alpha value is -1.15. The van der Waals surface area contributed by atoms with Crippen LogP contribution >= 0.6 is 0 Å². The van der Waals surface area contributed by atoms with E-state index in [1.807, 2.05) is 19.1 Å². The van der Waals surface area contributed by atoms with Gasteiger partial charge in [-0.2, -0.15) is 17.0 Å². The topological polar surface area (TPSA) is 75.9 Å². The molecule has 112 valence electrons. The van der Waals surface area contributed by atoms with Crippen molar-refractivity contribution in [1.29, 1.82) is 0 Å². The molecule has 0 saturated carbocycles. The molecule has 20 heavy (non-hydrogen) atoms. The van der Waals surface area contributed by atoms with Gasteiger partial charge in [-0.15, -0.1) is 0 Å². The Labute approximate surface area is 120 Å². The summed E-state index contributed by atoms with van der Waals surface area (Å²) in [6, 6.07) is 7.03. The number of morpholine rings is 1. The zero-order chi connectivity index (χ0) is 14.8. The van der Waals surface area contributed by atoms with Crippen LogP contribution in [0.4, 0.5) is 5.69 Å². The fraction of sp³-hybridized carbons (Fsp3) is 0.538. The van der Waals surface area contributed by atoms with E-state index in [4.69, 9.17) is 10.5 Å². The summed E-state index contributed by atoms with van der Waals surface area (Å²) in [5.74, 6) is 0. The fourth-order valence-electron chi connectivity index (χ4n) is 2.19. The summed E-state index contributed by atoms with van der Waals surface area (Å²) in [4.78, 5) is 0. The summed E-state index contributed by atoms with van der Waals surface area (Å²) in [6.07, 6.45) is 0. The highest BCUT2D eigenvalue weighted by atomic mass is 32.2. The first-order chi connectivity index (χ1) is 9.43. The van der Waals surface area contributed by atoms with Crippen molar-refractivity contribution in [1.82, 2.24) is 8.61 Å². The Morgan fingerprint density at radius 2 is 2.00 bits per heavy atom. The van der Waals surface area contributed by atoms with Crippen LogP contribution in [0.5, 0.6) is 0 Å². The molecule has 1 saturated heterocycles. The average Bonchev–Trinajstić information content (AvgIpc) is 2.46. The van der Waals surface area contributed by atoms with Gasteiger partial charge in [-0.25, -0.2) is 0 Å². The van der Waals surface area contributed by atoms with Gasteiger partial charge in [0.05, 0.1) is 13.2 Å². The van der Waals surface area contributed by atoms with Gasteiger partial charge in [-0.1, -0.05) is 12.1 Å². The maximum atomic E-state index is 12.6. The van der Waals surface area contributed by atoms with E-state index in [1.165, 1.54) is 8.61 Å². The lowest BCUT2D eigenvalue weighted by Gasteiger charge is -2.33. The van der Waals surface area contributed by atoms with Crippen molar-refractivity contribution in [3.05, 3.63) is 29.8 Å². The molecular formula is C13H21N3O3S. The molecule has 1 aliphatic heterocycles. The molecule has 0 amide bonds. The van der Waals surface area contributed by atoms with E-state index in [0.717, 1.165) is 5.56 Å². The number of nitrogen functional groups attached to an aromatic ring is 1. The van der Waals surface area contributed by atoms with E-state index >= 15 is 0 Å². The van der Waals surface area contributed by atoms with Crippen molar-refractivity contribution < 1.29 is 13.2 Å². The minimum Gasteiger partial charge on any atom is -0.399 e. The van der Waals surface area contributed by atoms with Crippen LogP contribution in [-0.2, 0) is 14.9 Å². The quantitative estimate of drug-likeness (QED) is 0.836. The van der Waals surface area contributed by atoms with E-state index < -0.39 is 10.2 Å². The van der Waals surface area contributed by atoms with Crippen LogP contribution in [-0.4, -0.2) is 50.4 Å². The average molecular weight is 299 g/mol. The van der Waals surface area contributed by atoms with E-state index in [0.29, 0.717) is 32.0 Å². The summed E-state index contributed by atoms with van der Waals surface area (Å²) < 4.78 is 33.1. The van der Waals surface area contributed by atoms with E-state index in [-0.39, 0.29) is 6.04 Å². The molecule has 1 fully saturated rings.